The Bertz CT molecular complexity index is 1420. The molecular formula is C20H18FN5O6S. The van der Waals surface area contributed by atoms with E-state index in [2.05, 4.69) is 4.98 Å². The van der Waals surface area contributed by atoms with Crippen molar-refractivity contribution < 1.29 is 22.5 Å². The first kappa shape index (κ1) is 22.5. The molecule has 2 aromatic carbocycles. The maximum Gasteiger partial charge on any atom is 0.271 e. The van der Waals surface area contributed by atoms with Crippen LogP contribution in [-0.4, -0.2) is 64.2 Å². The fourth-order valence-corrected chi connectivity index (χ4v) is 5.08. The third-order valence-electron chi connectivity index (χ3n) is 5.37. The predicted octanol–water partition coefficient (Wildman–Crippen LogP) is 0.977. The van der Waals surface area contributed by atoms with Crippen molar-refractivity contribution in [3.8, 4) is 0 Å². The van der Waals surface area contributed by atoms with Gasteiger partial charge in [0, 0.05) is 38.3 Å². The Balaban J connectivity index is 1.45. The number of hydrogen-bond donors (Lipinski definition) is 0. The number of aromatic nitrogens is 2. The van der Waals surface area contributed by atoms with Gasteiger partial charge in [0.2, 0.25) is 15.9 Å². The van der Waals surface area contributed by atoms with Crippen LogP contribution in [0, 0.1) is 15.9 Å². The van der Waals surface area contributed by atoms with E-state index in [1.807, 2.05) is 0 Å². The second kappa shape index (κ2) is 8.67. The first-order valence-corrected chi connectivity index (χ1v) is 11.3. The molecule has 3 aromatic rings. The van der Waals surface area contributed by atoms with Gasteiger partial charge in [-0.2, -0.15) is 4.31 Å². The normalized spacial score (nSPS) is 15.0. The molecular weight excluding hydrogens is 457 g/mol. The highest BCUT2D eigenvalue weighted by Crippen LogP contribution is 2.20. The number of rotatable bonds is 5. The number of piperazine rings is 1. The van der Waals surface area contributed by atoms with Gasteiger partial charge in [0.25, 0.3) is 11.2 Å². The van der Waals surface area contributed by atoms with Gasteiger partial charge < -0.3 is 4.90 Å². The lowest BCUT2D eigenvalue weighted by Gasteiger charge is -2.34. The molecule has 0 N–H and O–H groups in total. The zero-order valence-electron chi connectivity index (χ0n) is 17.1. The van der Waals surface area contributed by atoms with Crippen LogP contribution in [0.1, 0.15) is 0 Å². The summed E-state index contributed by atoms with van der Waals surface area (Å²) in [6.07, 6.45) is 1.14. The van der Waals surface area contributed by atoms with Gasteiger partial charge in [0.05, 0.1) is 22.2 Å². The third-order valence-corrected chi connectivity index (χ3v) is 7.30. The lowest BCUT2D eigenvalue weighted by Crippen LogP contribution is -2.51. The molecule has 1 aromatic heterocycles. The largest absolute Gasteiger partial charge is 0.338 e. The minimum absolute atomic E-state index is 0.0169. The smallest absolute Gasteiger partial charge is 0.271 e. The van der Waals surface area contributed by atoms with E-state index in [9.17, 15) is 32.5 Å². The molecule has 1 aliphatic rings. The average Bonchev–Trinajstić information content (AvgIpc) is 2.80. The zero-order chi connectivity index (χ0) is 23.8. The minimum Gasteiger partial charge on any atom is -0.338 e. The Morgan fingerprint density at radius 1 is 1.12 bits per heavy atom. The molecule has 0 bridgehead atoms. The highest BCUT2D eigenvalue weighted by atomic mass is 32.2. The number of carbonyl (C=O) groups excluding carboxylic acids is 1. The number of fused-ring (bicyclic) bond motifs is 1. The number of halogens is 1. The maximum absolute atomic E-state index is 14.0. The van der Waals surface area contributed by atoms with E-state index < -0.39 is 37.1 Å². The summed E-state index contributed by atoms with van der Waals surface area (Å²) < 4.78 is 41.6. The fraction of sp³-hybridized carbons (Fsp3) is 0.250. The molecule has 1 fully saturated rings. The van der Waals surface area contributed by atoms with Crippen LogP contribution in [0.3, 0.4) is 0 Å². The van der Waals surface area contributed by atoms with Gasteiger partial charge in [-0.3, -0.25) is 24.3 Å². The summed E-state index contributed by atoms with van der Waals surface area (Å²) in [4.78, 5) is 40.7. The fourth-order valence-electron chi connectivity index (χ4n) is 3.59. The Kier molecular flexibility index (Phi) is 5.91. The molecule has 0 radical (unpaired) electrons. The second-order valence-corrected chi connectivity index (χ2v) is 9.26. The van der Waals surface area contributed by atoms with Gasteiger partial charge >= 0.3 is 0 Å². The second-order valence-electron chi connectivity index (χ2n) is 7.35. The molecule has 13 heteroatoms. The molecule has 0 aliphatic carbocycles. The summed E-state index contributed by atoms with van der Waals surface area (Å²) in [6, 6.07) is 8.75. The number of nitro benzene ring substituents is 1. The maximum atomic E-state index is 14.0. The third kappa shape index (κ3) is 4.32. The molecule has 1 saturated heterocycles. The van der Waals surface area contributed by atoms with Gasteiger partial charge in [-0.25, -0.2) is 17.8 Å². The lowest BCUT2D eigenvalue weighted by molar-refractivity contribution is -0.384. The molecule has 0 unspecified atom stereocenters. The molecule has 11 nitrogen and oxygen atoms in total. The van der Waals surface area contributed by atoms with Crippen molar-refractivity contribution in [1.82, 2.24) is 18.8 Å². The first-order valence-electron chi connectivity index (χ1n) is 9.84. The Morgan fingerprint density at radius 2 is 1.82 bits per heavy atom. The highest BCUT2D eigenvalue weighted by molar-refractivity contribution is 7.89. The summed E-state index contributed by atoms with van der Waals surface area (Å²) in [7, 11) is -4.03. The van der Waals surface area contributed by atoms with Gasteiger partial charge in [-0.15, -0.1) is 0 Å². The summed E-state index contributed by atoms with van der Waals surface area (Å²) >= 11 is 0. The molecule has 2 heterocycles. The van der Waals surface area contributed by atoms with Gasteiger partial charge in [0.1, 0.15) is 17.3 Å². The molecule has 0 spiro atoms. The molecule has 0 saturated carbocycles. The number of hydrogen-bond acceptors (Lipinski definition) is 7. The highest BCUT2D eigenvalue weighted by Gasteiger charge is 2.31. The number of amides is 1. The van der Waals surface area contributed by atoms with Crippen LogP contribution in [-0.2, 0) is 21.4 Å². The van der Waals surface area contributed by atoms with Gasteiger partial charge in [0.15, 0.2) is 0 Å². The molecule has 33 heavy (non-hydrogen) atoms. The predicted molar refractivity (Wildman–Crippen MR) is 114 cm³/mol. The van der Waals surface area contributed by atoms with Crippen LogP contribution >= 0.6 is 0 Å². The minimum atomic E-state index is -4.03. The summed E-state index contributed by atoms with van der Waals surface area (Å²) in [5, 5.41) is 11.0. The number of benzene rings is 2. The zero-order valence-corrected chi connectivity index (χ0v) is 17.9. The topological polar surface area (TPSA) is 136 Å². The van der Waals surface area contributed by atoms with Crippen molar-refractivity contribution in [1.29, 1.82) is 0 Å². The Labute approximate surface area is 186 Å². The van der Waals surface area contributed by atoms with Crippen LogP contribution < -0.4 is 5.56 Å². The number of nitro groups is 1. The number of carbonyl (C=O) groups is 1. The Hall–Kier alpha value is -3.71. The van der Waals surface area contributed by atoms with Crippen molar-refractivity contribution >= 4 is 32.5 Å². The van der Waals surface area contributed by atoms with Crippen molar-refractivity contribution in [2.45, 2.75) is 11.4 Å². The monoisotopic (exact) mass is 475 g/mol. The summed E-state index contributed by atoms with van der Waals surface area (Å²) in [5.41, 5.74) is -0.583. The van der Waals surface area contributed by atoms with E-state index in [1.165, 1.54) is 41.3 Å². The van der Waals surface area contributed by atoms with E-state index in [-0.39, 0.29) is 49.3 Å². The van der Waals surface area contributed by atoms with Crippen molar-refractivity contribution in [2.75, 3.05) is 26.2 Å². The SMILES string of the molecule is O=C(Cn1cnc2cc([N+](=O)[O-])ccc2c1=O)N1CCN(S(=O)(=O)c2ccccc2F)CC1. The van der Waals surface area contributed by atoms with Gasteiger partial charge in [-0.1, -0.05) is 12.1 Å². The van der Waals surface area contributed by atoms with Crippen molar-refractivity contribution in [3.05, 3.63) is 75.1 Å². The first-order chi connectivity index (χ1) is 15.7. The van der Waals surface area contributed by atoms with E-state index >= 15 is 0 Å². The number of non-ortho nitro benzene ring substituents is 1. The van der Waals surface area contributed by atoms with Gasteiger partial charge in [-0.05, 0) is 18.2 Å². The van der Waals surface area contributed by atoms with E-state index in [0.29, 0.717) is 0 Å². The van der Waals surface area contributed by atoms with Crippen LogP contribution in [0.15, 0.2) is 58.5 Å². The van der Waals surface area contributed by atoms with Crippen LogP contribution in [0.25, 0.3) is 10.9 Å². The molecule has 172 valence electrons. The number of nitrogens with zero attached hydrogens (tertiary/aromatic N) is 5. The number of sulfonamides is 1. The average molecular weight is 475 g/mol. The molecule has 1 aliphatic heterocycles. The standard InChI is InChI=1S/C20H18FN5O6S/c21-16-3-1-2-4-18(16)33(31,32)25-9-7-23(8-10-25)19(27)12-24-13-22-17-11-14(26(29)30)5-6-15(17)20(24)28/h1-6,11,13H,7-10,12H2. The van der Waals surface area contributed by atoms with Crippen LogP contribution in [0.4, 0.5) is 10.1 Å². The summed E-state index contributed by atoms with van der Waals surface area (Å²) in [5.74, 6) is -1.26. The van der Waals surface area contributed by atoms with Crippen molar-refractivity contribution in [2.24, 2.45) is 0 Å². The van der Waals surface area contributed by atoms with Crippen LogP contribution in [0.2, 0.25) is 0 Å². The molecule has 1 amide bonds. The van der Waals surface area contributed by atoms with Crippen LogP contribution in [0.5, 0.6) is 0 Å². The summed E-state index contributed by atoms with van der Waals surface area (Å²) in [6.45, 7) is -0.199. The molecule has 0 atom stereocenters. The lowest BCUT2D eigenvalue weighted by atomic mass is 10.2. The quantitative estimate of drug-likeness (QED) is 0.396. The van der Waals surface area contributed by atoms with E-state index in [0.717, 1.165) is 21.3 Å². The van der Waals surface area contributed by atoms with E-state index in [4.69, 9.17) is 0 Å². The molecule has 4 rings (SSSR count). The van der Waals surface area contributed by atoms with E-state index in [1.54, 1.807) is 0 Å². The van der Waals surface area contributed by atoms with Crippen molar-refractivity contribution in [3.63, 3.8) is 0 Å². The Morgan fingerprint density at radius 3 is 2.48 bits per heavy atom.